The number of piperidine rings is 1. The van der Waals surface area contributed by atoms with Gasteiger partial charge in [0.1, 0.15) is 23.2 Å². The van der Waals surface area contributed by atoms with Gasteiger partial charge in [-0.25, -0.2) is 4.98 Å². The second kappa shape index (κ2) is 5.36. The van der Waals surface area contributed by atoms with Gasteiger partial charge in [-0.15, -0.1) is 0 Å². The lowest BCUT2D eigenvalue weighted by Gasteiger charge is -2.22. The summed E-state index contributed by atoms with van der Waals surface area (Å²) in [6.07, 6.45) is 2.73. The molecule has 1 amide bonds. The van der Waals surface area contributed by atoms with Crippen LogP contribution in [0.3, 0.4) is 0 Å². The van der Waals surface area contributed by atoms with Crippen LogP contribution < -0.4 is 15.8 Å². The van der Waals surface area contributed by atoms with E-state index in [1.54, 1.807) is 0 Å². The van der Waals surface area contributed by atoms with Gasteiger partial charge in [0, 0.05) is 24.9 Å². The number of amides is 1. The van der Waals surface area contributed by atoms with Gasteiger partial charge in [0.2, 0.25) is 5.91 Å². The first-order valence-corrected chi connectivity index (χ1v) is 5.74. The zero-order valence-electron chi connectivity index (χ0n) is 9.85. The summed E-state index contributed by atoms with van der Waals surface area (Å²) in [6.45, 7) is 1.09. The van der Waals surface area contributed by atoms with Crippen LogP contribution in [0.4, 0.5) is 5.82 Å². The van der Waals surface area contributed by atoms with Crippen molar-refractivity contribution in [2.45, 2.75) is 12.8 Å². The molecule has 0 aliphatic carbocycles. The summed E-state index contributed by atoms with van der Waals surface area (Å²) in [4.78, 5) is 15.0. The van der Waals surface area contributed by atoms with Crippen molar-refractivity contribution < 1.29 is 9.53 Å². The van der Waals surface area contributed by atoms with Crippen LogP contribution in [0.2, 0.25) is 0 Å². The zero-order valence-corrected chi connectivity index (χ0v) is 9.85. The van der Waals surface area contributed by atoms with Crippen molar-refractivity contribution in [3.63, 3.8) is 0 Å². The Morgan fingerprint density at radius 3 is 3.22 bits per heavy atom. The molecule has 3 N–H and O–H groups in total. The molecule has 94 valence electrons. The maximum absolute atomic E-state index is 11.2. The highest BCUT2D eigenvalue weighted by Gasteiger charge is 2.20. The molecule has 0 bridgehead atoms. The average Bonchev–Trinajstić information content (AvgIpc) is 2.37. The number of hydrogen-bond donors (Lipinski definition) is 2. The van der Waals surface area contributed by atoms with Crippen LogP contribution in [0.1, 0.15) is 18.4 Å². The van der Waals surface area contributed by atoms with E-state index in [1.807, 2.05) is 6.07 Å². The molecule has 0 unspecified atom stereocenters. The lowest BCUT2D eigenvalue weighted by atomic mass is 9.99. The molecule has 1 aliphatic rings. The number of nitrogen functional groups attached to an aromatic ring is 1. The summed E-state index contributed by atoms with van der Waals surface area (Å²) in [5, 5.41) is 11.7. The number of carbonyl (C=O) groups excluding carboxylic acids is 1. The van der Waals surface area contributed by atoms with Crippen molar-refractivity contribution >= 4 is 11.7 Å². The van der Waals surface area contributed by atoms with E-state index in [9.17, 15) is 4.79 Å². The number of nitrogens with zero attached hydrogens (tertiary/aromatic N) is 2. The van der Waals surface area contributed by atoms with Crippen LogP contribution in [0, 0.1) is 17.2 Å². The minimum atomic E-state index is 0.0459. The molecule has 0 radical (unpaired) electrons. The molecule has 1 aromatic heterocycles. The van der Waals surface area contributed by atoms with Crippen molar-refractivity contribution in [3.05, 3.63) is 17.8 Å². The molecule has 1 atom stereocenters. The molecule has 0 saturated carbocycles. The third kappa shape index (κ3) is 2.88. The highest BCUT2D eigenvalue weighted by molar-refractivity contribution is 5.76. The van der Waals surface area contributed by atoms with E-state index in [-0.39, 0.29) is 11.8 Å². The smallest absolute Gasteiger partial charge is 0.220 e. The second-order valence-electron chi connectivity index (χ2n) is 4.24. The Bertz CT molecular complexity index is 495. The van der Waals surface area contributed by atoms with Gasteiger partial charge in [-0.2, -0.15) is 5.26 Å². The Morgan fingerprint density at radius 1 is 1.67 bits per heavy atom. The van der Waals surface area contributed by atoms with Crippen LogP contribution >= 0.6 is 0 Å². The fourth-order valence-corrected chi connectivity index (χ4v) is 1.86. The highest BCUT2D eigenvalue weighted by atomic mass is 16.5. The first-order chi connectivity index (χ1) is 8.69. The number of aromatic nitrogens is 1. The SMILES string of the molecule is N#Cc1cnc(N)cc1OC[C@H]1CCNC(=O)C1. The summed E-state index contributed by atoms with van der Waals surface area (Å²) >= 11 is 0. The van der Waals surface area contributed by atoms with E-state index >= 15 is 0 Å². The van der Waals surface area contributed by atoms with Crippen molar-refractivity contribution in [1.29, 1.82) is 5.26 Å². The highest BCUT2D eigenvalue weighted by Crippen LogP contribution is 2.21. The second-order valence-corrected chi connectivity index (χ2v) is 4.24. The monoisotopic (exact) mass is 246 g/mol. The largest absolute Gasteiger partial charge is 0.492 e. The summed E-state index contributed by atoms with van der Waals surface area (Å²) in [6, 6.07) is 3.53. The van der Waals surface area contributed by atoms with Gasteiger partial charge in [0.15, 0.2) is 0 Å². The van der Waals surface area contributed by atoms with E-state index in [1.165, 1.54) is 12.3 Å². The molecule has 18 heavy (non-hydrogen) atoms. The number of pyridine rings is 1. The molecule has 1 aromatic rings. The van der Waals surface area contributed by atoms with Gasteiger partial charge >= 0.3 is 0 Å². The number of ether oxygens (including phenoxy) is 1. The topological polar surface area (TPSA) is 101 Å². The standard InChI is InChI=1S/C12H14N4O2/c13-5-9-6-16-11(14)4-10(9)18-7-8-1-2-15-12(17)3-8/h4,6,8H,1-3,7H2,(H2,14,16)(H,15,17)/t8-/m0/s1. The minimum absolute atomic E-state index is 0.0459. The molecule has 1 aliphatic heterocycles. The molecule has 6 nitrogen and oxygen atoms in total. The molecular weight excluding hydrogens is 232 g/mol. The molecule has 0 aromatic carbocycles. The maximum atomic E-state index is 11.2. The quantitative estimate of drug-likeness (QED) is 0.805. The van der Waals surface area contributed by atoms with E-state index < -0.39 is 0 Å². The van der Waals surface area contributed by atoms with Crippen molar-refractivity contribution in [2.24, 2.45) is 5.92 Å². The number of anilines is 1. The number of carbonyl (C=O) groups is 1. The Balaban J connectivity index is 1.99. The van der Waals surface area contributed by atoms with Gasteiger partial charge in [-0.05, 0) is 6.42 Å². The minimum Gasteiger partial charge on any atom is -0.492 e. The molecule has 1 saturated heterocycles. The summed E-state index contributed by atoms with van der Waals surface area (Å²) in [5.74, 6) is 0.964. The summed E-state index contributed by atoms with van der Waals surface area (Å²) in [7, 11) is 0. The first kappa shape index (κ1) is 12.2. The number of nitriles is 1. The Kier molecular flexibility index (Phi) is 3.63. The van der Waals surface area contributed by atoms with Crippen molar-refractivity contribution in [3.8, 4) is 11.8 Å². The van der Waals surface area contributed by atoms with Crippen LogP contribution in [0.15, 0.2) is 12.3 Å². The zero-order chi connectivity index (χ0) is 13.0. The van der Waals surface area contributed by atoms with Gasteiger partial charge in [-0.1, -0.05) is 0 Å². The fourth-order valence-electron chi connectivity index (χ4n) is 1.86. The van der Waals surface area contributed by atoms with E-state index in [0.29, 0.717) is 36.7 Å². The number of nitrogens with one attached hydrogen (secondary N) is 1. The number of rotatable bonds is 3. The van der Waals surface area contributed by atoms with Crippen LogP contribution in [-0.4, -0.2) is 24.0 Å². The summed E-state index contributed by atoms with van der Waals surface area (Å²) in [5.41, 5.74) is 5.90. The van der Waals surface area contributed by atoms with Gasteiger partial charge < -0.3 is 15.8 Å². The number of nitrogens with two attached hydrogens (primary N) is 1. The average molecular weight is 246 g/mol. The molecule has 6 heteroatoms. The molecular formula is C12H14N4O2. The predicted molar refractivity (Wildman–Crippen MR) is 64.6 cm³/mol. The third-order valence-corrected chi connectivity index (χ3v) is 2.83. The van der Waals surface area contributed by atoms with Crippen LogP contribution in [0.25, 0.3) is 0 Å². The van der Waals surface area contributed by atoms with E-state index in [2.05, 4.69) is 10.3 Å². The van der Waals surface area contributed by atoms with Crippen molar-refractivity contribution in [2.75, 3.05) is 18.9 Å². The Morgan fingerprint density at radius 2 is 2.50 bits per heavy atom. The third-order valence-electron chi connectivity index (χ3n) is 2.83. The Hall–Kier alpha value is -2.29. The Labute approximate surface area is 105 Å². The normalized spacial score (nSPS) is 18.8. The maximum Gasteiger partial charge on any atom is 0.220 e. The van der Waals surface area contributed by atoms with Gasteiger partial charge in [0.25, 0.3) is 0 Å². The molecule has 2 rings (SSSR count). The molecule has 1 fully saturated rings. The van der Waals surface area contributed by atoms with Crippen LogP contribution in [0.5, 0.6) is 5.75 Å². The number of hydrogen-bond acceptors (Lipinski definition) is 5. The molecule has 0 spiro atoms. The van der Waals surface area contributed by atoms with Gasteiger partial charge in [0.05, 0.1) is 12.8 Å². The first-order valence-electron chi connectivity index (χ1n) is 5.74. The van der Waals surface area contributed by atoms with Crippen LogP contribution in [-0.2, 0) is 4.79 Å². The van der Waals surface area contributed by atoms with Gasteiger partial charge in [-0.3, -0.25) is 4.79 Å². The molecule has 2 heterocycles. The van der Waals surface area contributed by atoms with E-state index in [4.69, 9.17) is 15.7 Å². The lowest BCUT2D eigenvalue weighted by molar-refractivity contribution is -0.123. The lowest BCUT2D eigenvalue weighted by Crippen LogP contribution is -2.35. The predicted octanol–water partition coefficient (Wildman–Crippen LogP) is 0.440. The summed E-state index contributed by atoms with van der Waals surface area (Å²) < 4.78 is 5.57. The fraction of sp³-hybridized carbons (Fsp3) is 0.417. The van der Waals surface area contributed by atoms with E-state index in [0.717, 1.165) is 6.42 Å². The van der Waals surface area contributed by atoms with Crippen molar-refractivity contribution in [1.82, 2.24) is 10.3 Å².